The summed E-state index contributed by atoms with van der Waals surface area (Å²) >= 11 is 5.49. The van der Waals surface area contributed by atoms with Crippen LogP contribution in [0.2, 0.25) is 0 Å². The van der Waals surface area contributed by atoms with Gasteiger partial charge in [0.2, 0.25) is 0 Å². The fourth-order valence-electron chi connectivity index (χ4n) is 1.53. The van der Waals surface area contributed by atoms with Gasteiger partial charge in [-0.05, 0) is 31.2 Å². The number of rotatable bonds is 4. The standard InChI is InChI=1S/C13H14ClNO2/c1-9-2-3-10-6-12(4-5-13(10)15-9)17-8-11(16)7-14/h2-6,11,16H,7-8H2,1H3. The molecule has 0 radical (unpaired) electrons. The first-order valence-electron chi connectivity index (χ1n) is 5.43. The van der Waals surface area contributed by atoms with Gasteiger partial charge >= 0.3 is 0 Å². The van der Waals surface area contributed by atoms with Crippen LogP contribution in [0.3, 0.4) is 0 Å². The predicted octanol–water partition coefficient (Wildman–Crippen LogP) is 2.52. The lowest BCUT2D eigenvalue weighted by Crippen LogP contribution is -2.18. The van der Waals surface area contributed by atoms with Crippen LogP contribution in [0.4, 0.5) is 0 Å². The molecule has 1 unspecified atom stereocenters. The number of aliphatic hydroxyl groups is 1. The molecule has 3 nitrogen and oxygen atoms in total. The number of halogens is 1. The molecule has 0 amide bonds. The summed E-state index contributed by atoms with van der Waals surface area (Å²) in [5.74, 6) is 0.890. The first-order valence-corrected chi connectivity index (χ1v) is 5.97. The predicted molar refractivity (Wildman–Crippen MR) is 68.7 cm³/mol. The highest BCUT2D eigenvalue weighted by molar-refractivity contribution is 6.18. The Morgan fingerprint density at radius 2 is 2.18 bits per heavy atom. The zero-order chi connectivity index (χ0) is 12.3. The molecule has 0 aliphatic heterocycles. The Hall–Kier alpha value is -1.32. The van der Waals surface area contributed by atoms with Crippen LogP contribution in [0.5, 0.6) is 5.75 Å². The molecule has 1 heterocycles. The van der Waals surface area contributed by atoms with Crippen LogP contribution < -0.4 is 4.74 Å². The number of nitrogens with zero attached hydrogens (tertiary/aromatic N) is 1. The molecule has 0 saturated carbocycles. The lowest BCUT2D eigenvalue weighted by atomic mass is 10.2. The van der Waals surface area contributed by atoms with Crippen molar-refractivity contribution in [3.05, 3.63) is 36.0 Å². The zero-order valence-electron chi connectivity index (χ0n) is 9.56. The van der Waals surface area contributed by atoms with Gasteiger partial charge in [0.05, 0.1) is 11.4 Å². The fraction of sp³-hybridized carbons (Fsp3) is 0.308. The SMILES string of the molecule is Cc1ccc2cc(OCC(O)CCl)ccc2n1. The molecule has 1 atom stereocenters. The maximum absolute atomic E-state index is 9.30. The van der Waals surface area contributed by atoms with E-state index in [0.717, 1.165) is 16.6 Å². The van der Waals surface area contributed by atoms with Crippen LogP contribution in [0.1, 0.15) is 5.69 Å². The maximum Gasteiger partial charge on any atom is 0.120 e. The molecule has 17 heavy (non-hydrogen) atoms. The van der Waals surface area contributed by atoms with Crippen LogP contribution >= 0.6 is 11.6 Å². The van der Waals surface area contributed by atoms with Gasteiger partial charge in [-0.25, -0.2) is 0 Å². The Kier molecular flexibility index (Phi) is 3.82. The van der Waals surface area contributed by atoms with Crippen LogP contribution in [-0.4, -0.2) is 28.7 Å². The molecule has 0 aliphatic rings. The molecule has 0 bridgehead atoms. The Labute approximate surface area is 105 Å². The first-order chi connectivity index (χ1) is 8.19. The van der Waals surface area contributed by atoms with Gasteiger partial charge in [0.15, 0.2) is 0 Å². The van der Waals surface area contributed by atoms with E-state index >= 15 is 0 Å². The zero-order valence-corrected chi connectivity index (χ0v) is 10.3. The lowest BCUT2D eigenvalue weighted by molar-refractivity contribution is 0.125. The second-order valence-electron chi connectivity index (χ2n) is 3.93. The second kappa shape index (κ2) is 5.34. The van der Waals surface area contributed by atoms with Crippen LogP contribution in [0.25, 0.3) is 10.9 Å². The Morgan fingerprint density at radius 1 is 1.35 bits per heavy atom. The van der Waals surface area contributed by atoms with Crippen molar-refractivity contribution in [2.24, 2.45) is 0 Å². The van der Waals surface area contributed by atoms with Crippen molar-refractivity contribution in [1.82, 2.24) is 4.98 Å². The van der Waals surface area contributed by atoms with E-state index in [2.05, 4.69) is 4.98 Å². The van der Waals surface area contributed by atoms with Crippen molar-refractivity contribution < 1.29 is 9.84 Å². The number of alkyl halides is 1. The number of aryl methyl sites for hydroxylation is 1. The molecule has 0 saturated heterocycles. The number of aromatic nitrogens is 1. The van der Waals surface area contributed by atoms with Crippen molar-refractivity contribution in [2.45, 2.75) is 13.0 Å². The smallest absolute Gasteiger partial charge is 0.120 e. The number of aliphatic hydroxyl groups excluding tert-OH is 1. The summed E-state index contributed by atoms with van der Waals surface area (Å²) < 4.78 is 5.43. The highest BCUT2D eigenvalue weighted by Crippen LogP contribution is 2.19. The Balaban J connectivity index is 2.17. The third-order valence-corrected chi connectivity index (χ3v) is 2.78. The number of hydrogen-bond donors (Lipinski definition) is 1. The summed E-state index contributed by atoms with van der Waals surface area (Å²) in [5, 5.41) is 10.3. The number of hydrogen-bond acceptors (Lipinski definition) is 3. The molecule has 1 aromatic heterocycles. The fourth-order valence-corrected chi connectivity index (χ4v) is 1.62. The monoisotopic (exact) mass is 251 g/mol. The Bertz CT molecular complexity index is 516. The molecule has 0 spiro atoms. The van der Waals surface area contributed by atoms with E-state index in [4.69, 9.17) is 16.3 Å². The minimum absolute atomic E-state index is 0.175. The summed E-state index contributed by atoms with van der Waals surface area (Å²) in [4.78, 5) is 4.40. The minimum atomic E-state index is -0.636. The summed E-state index contributed by atoms with van der Waals surface area (Å²) in [7, 11) is 0. The minimum Gasteiger partial charge on any atom is -0.491 e. The second-order valence-corrected chi connectivity index (χ2v) is 4.23. The third-order valence-electron chi connectivity index (χ3n) is 2.42. The van der Waals surface area contributed by atoms with Crippen molar-refractivity contribution in [1.29, 1.82) is 0 Å². The van der Waals surface area contributed by atoms with E-state index in [0.29, 0.717) is 5.75 Å². The van der Waals surface area contributed by atoms with Crippen LogP contribution in [0, 0.1) is 6.92 Å². The normalized spacial score (nSPS) is 12.6. The lowest BCUT2D eigenvalue weighted by Gasteiger charge is -2.10. The molecule has 0 fully saturated rings. The molecule has 1 aromatic carbocycles. The van der Waals surface area contributed by atoms with Crippen molar-refractivity contribution in [3.63, 3.8) is 0 Å². The summed E-state index contributed by atoms with van der Waals surface area (Å²) in [6.07, 6.45) is -0.636. The topological polar surface area (TPSA) is 42.4 Å². The van der Waals surface area contributed by atoms with Gasteiger partial charge in [0.25, 0.3) is 0 Å². The molecular weight excluding hydrogens is 238 g/mol. The molecule has 0 aliphatic carbocycles. The van der Waals surface area contributed by atoms with Gasteiger partial charge in [-0.1, -0.05) is 6.07 Å². The molecular formula is C13H14ClNO2. The van der Waals surface area contributed by atoms with Gasteiger partial charge in [-0.15, -0.1) is 11.6 Å². The van der Waals surface area contributed by atoms with Gasteiger partial charge in [-0.3, -0.25) is 4.98 Å². The summed E-state index contributed by atoms with van der Waals surface area (Å²) in [6.45, 7) is 2.16. The van der Waals surface area contributed by atoms with E-state index in [9.17, 15) is 5.11 Å². The van der Waals surface area contributed by atoms with Gasteiger partial charge < -0.3 is 9.84 Å². The van der Waals surface area contributed by atoms with E-state index in [1.807, 2.05) is 37.3 Å². The first kappa shape index (κ1) is 12.1. The summed E-state index contributed by atoms with van der Waals surface area (Å²) in [5.41, 5.74) is 1.93. The molecule has 4 heteroatoms. The number of benzene rings is 1. The quantitative estimate of drug-likeness (QED) is 0.849. The van der Waals surface area contributed by atoms with Crippen molar-refractivity contribution >= 4 is 22.5 Å². The van der Waals surface area contributed by atoms with Gasteiger partial charge in [0, 0.05) is 11.1 Å². The van der Waals surface area contributed by atoms with Crippen molar-refractivity contribution in [3.8, 4) is 5.75 Å². The highest BCUT2D eigenvalue weighted by atomic mass is 35.5. The number of ether oxygens (including phenoxy) is 1. The Morgan fingerprint density at radius 3 is 2.94 bits per heavy atom. The van der Waals surface area contributed by atoms with E-state index in [1.54, 1.807) is 0 Å². The highest BCUT2D eigenvalue weighted by Gasteiger charge is 2.04. The van der Waals surface area contributed by atoms with E-state index in [1.165, 1.54) is 0 Å². The third kappa shape index (κ3) is 3.08. The van der Waals surface area contributed by atoms with Gasteiger partial charge in [-0.2, -0.15) is 0 Å². The number of pyridine rings is 1. The molecule has 2 rings (SSSR count). The number of fused-ring (bicyclic) bond motifs is 1. The van der Waals surface area contributed by atoms with E-state index < -0.39 is 6.10 Å². The molecule has 2 aromatic rings. The van der Waals surface area contributed by atoms with E-state index in [-0.39, 0.29) is 12.5 Å². The van der Waals surface area contributed by atoms with Gasteiger partial charge in [0.1, 0.15) is 18.5 Å². The van der Waals surface area contributed by atoms with Crippen molar-refractivity contribution in [2.75, 3.05) is 12.5 Å². The van der Waals surface area contributed by atoms with Crippen LogP contribution in [-0.2, 0) is 0 Å². The van der Waals surface area contributed by atoms with Crippen LogP contribution in [0.15, 0.2) is 30.3 Å². The maximum atomic E-state index is 9.30. The summed E-state index contributed by atoms with van der Waals surface area (Å²) in [6, 6.07) is 9.62. The molecule has 90 valence electrons. The average molecular weight is 252 g/mol. The largest absolute Gasteiger partial charge is 0.491 e. The average Bonchev–Trinajstić information content (AvgIpc) is 2.35. The molecule has 1 N–H and O–H groups in total.